The Hall–Kier alpha value is -1.46. The maximum atomic E-state index is 11.9. The lowest BCUT2D eigenvalue weighted by Gasteiger charge is -2.33. The number of hydrogen-bond acceptors (Lipinski definition) is 3. The number of thiocarbonyl (C=S) groups is 1. The van der Waals surface area contributed by atoms with E-state index in [4.69, 9.17) is 12.2 Å². The number of carbonyl (C=O) groups excluding carboxylic acids is 1. The lowest BCUT2D eigenvalue weighted by Crippen LogP contribution is -2.51. The van der Waals surface area contributed by atoms with Crippen molar-refractivity contribution in [2.24, 2.45) is 0 Å². The van der Waals surface area contributed by atoms with E-state index in [1.54, 1.807) is 0 Å². The second-order valence-electron chi connectivity index (χ2n) is 4.81. The molecule has 1 amide bonds. The van der Waals surface area contributed by atoms with Crippen molar-refractivity contribution in [3.05, 3.63) is 35.9 Å². The molecule has 5 heteroatoms. The Morgan fingerprint density at radius 3 is 2.47 bits per heavy atom. The van der Waals surface area contributed by atoms with Crippen molar-refractivity contribution >= 4 is 23.2 Å². The van der Waals surface area contributed by atoms with Gasteiger partial charge in [-0.15, -0.1) is 0 Å². The van der Waals surface area contributed by atoms with Gasteiger partial charge in [0.2, 0.25) is 5.91 Å². The van der Waals surface area contributed by atoms with Gasteiger partial charge in [0.1, 0.15) is 0 Å². The number of benzene rings is 1. The summed E-state index contributed by atoms with van der Waals surface area (Å²) in [6.45, 7) is 3.71. The number of rotatable bonds is 2. The molecule has 0 aliphatic carbocycles. The van der Waals surface area contributed by atoms with Gasteiger partial charge in [-0.25, -0.2) is 0 Å². The quantitative estimate of drug-likeness (QED) is 0.814. The molecule has 1 aliphatic heterocycles. The highest BCUT2D eigenvalue weighted by Gasteiger charge is 2.17. The van der Waals surface area contributed by atoms with E-state index in [1.807, 2.05) is 30.3 Å². The Balaban J connectivity index is 1.80. The Morgan fingerprint density at radius 1 is 1.21 bits per heavy atom. The highest BCUT2D eigenvalue weighted by atomic mass is 32.1. The van der Waals surface area contributed by atoms with Crippen molar-refractivity contribution in [2.45, 2.75) is 6.42 Å². The van der Waals surface area contributed by atoms with Gasteiger partial charge < -0.3 is 15.1 Å². The Kier molecular flexibility index (Phi) is 4.87. The summed E-state index contributed by atoms with van der Waals surface area (Å²) >= 11 is 5.28. The fourth-order valence-corrected chi connectivity index (χ4v) is 2.33. The monoisotopic (exact) mass is 277 g/mol. The van der Waals surface area contributed by atoms with Crippen LogP contribution in [0.5, 0.6) is 0 Å². The van der Waals surface area contributed by atoms with Gasteiger partial charge in [0, 0.05) is 26.2 Å². The molecule has 0 atom stereocenters. The highest BCUT2D eigenvalue weighted by molar-refractivity contribution is 7.80. The standard InChI is InChI=1S/C14H19N3OS/c1-16-7-9-17(10-8-16)14(19)15-13(18)11-12-5-3-2-4-6-12/h2-6H,7-11H2,1H3,(H,15,18,19). The molecular weight excluding hydrogens is 258 g/mol. The molecule has 0 spiro atoms. The topological polar surface area (TPSA) is 35.6 Å². The van der Waals surface area contributed by atoms with Crippen LogP contribution in [-0.4, -0.2) is 54.0 Å². The van der Waals surface area contributed by atoms with E-state index < -0.39 is 0 Å². The maximum Gasteiger partial charge on any atom is 0.230 e. The molecule has 1 heterocycles. The predicted octanol–water partition coefficient (Wildman–Crippen LogP) is 0.878. The summed E-state index contributed by atoms with van der Waals surface area (Å²) in [5, 5.41) is 3.36. The molecular formula is C14H19N3OS. The molecule has 1 aliphatic rings. The average molecular weight is 277 g/mol. The predicted molar refractivity (Wildman–Crippen MR) is 80.0 cm³/mol. The first-order chi connectivity index (χ1) is 9.15. The van der Waals surface area contributed by atoms with Gasteiger partial charge in [-0.05, 0) is 24.8 Å². The molecule has 1 fully saturated rings. The molecule has 0 unspecified atom stereocenters. The van der Waals surface area contributed by atoms with Crippen molar-refractivity contribution < 1.29 is 4.79 Å². The first-order valence-electron chi connectivity index (χ1n) is 6.46. The third kappa shape index (κ3) is 4.29. The summed E-state index contributed by atoms with van der Waals surface area (Å²) in [6.07, 6.45) is 0.370. The molecule has 0 aromatic heterocycles. The van der Waals surface area contributed by atoms with Gasteiger partial charge in [0.15, 0.2) is 5.11 Å². The molecule has 1 N–H and O–H groups in total. The number of likely N-dealkylation sites (N-methyl/N-ethyl adjacent to an activating group) is 1. The van der Waals surface area contributed by atoms with Crippen LogP contribution >= 0.6 is 12.2 Å². The van der Waals surface area contributed by atoms with E-state index >= 15 is 0 Å². The van der Waals surface area contributed by atoms with Crippen LogP contribution in [0.15, 0.2) is 30.3 Å². The molecule has 0 saturated carbocycles. The van der Waals surface area contributed by atoms with E-state index in [9.17, 15) is 4.79 Å². The molecule has 1 aromatic rings. The Labute approximate surface area is 119 Å². The largest absolute Gasteiger partial charge is 0.346 e. The van der Waals surface area contributed by atoms with Crippen molar-refractivity contribution in [3.8, 4) is 0 Å². The minimum atomic E-state index is -0.0462. The second kappa shape index (κ2) is 6.63. The van der Waals surface area contributed by atoms with Crippen LogP contribution < -0.4 is 5.32 Å². The number of hydrogen-bond donors (Lipinski definition) is 1. The fourth-order valence-electron chi connectivity index (χ4n) is 2.03. The molecule has 19 heavy (non-hydrogen) atoms. The SMILES string of the molecule is CN1CCN(C(=S)NC(=O)Cc2ccccc2)CC1. The number of nitrogens with zero attached hydrogens (tertiary/aromatic N) is 2. The zero-order chi connectivity index (χ0) is 13.7. The van der Waals surface area contributed by atoms with Crippen LogP contribution in [0.1, 0.15) is 5.56 Å². The fraction of sp³-hybridized carbons (Fsp3) is 0.429. The van der Waals surface area contributed by atoms with E-state index in [1.165, 1.54) is 0 Å². The summed E-state index contributed by atoms with van der Waals surface area (Å²) in [5.41, 5.74) is 1.00. The zero-order valence-electron chi connectivity index (χ0n) is 11.1. The molecule has 2 rings (SSSR count). The Morgan fingerprint density at radius 2 is 1.84 bits per heavy atom. The first kappa shape index (κ1) is 14.0. The van der Waals surface area contributed by atoms with E-state index in [2.05, 4.69) is 22.2 Å². The third-order valence-electron chi connectivity index (χ3n) is 3.24. The average Bonchev–Trinajstić information content (AvgIpc) is 2.40. The van der Waals surface area contributed by atoms with Crippen LogP contribution in [-0.2, 0) is 11.2 Å². The molecule has 0 radical (unpaired) electrons. The number of nitrogens with one attached hydrogen (secondary N) is 1. The van der Waals surface area contributed by atoms with Crippen LogP contribution in [0.25, 0.3) is 0 Å². The van der Waals surface area contributed by atoms with Crippen molar-refractivity contribution in [1.82, 2.24) is 15.1 Å². The van der Waals surface area contributed by atoms with Gasteiger partial charge in [0.25, 0.3) is 0 Å². The molecule has 102 valence electrons. The molecule has 4 nitrogen and oxygen atoms in total. The summed E-state index contributed by atoms with van der Waals surface area (Å²) in [4.78, 5) is 16.2. The van der Waals surface area contributed by atoms with Gasteiger partial charge in [-0.1, -0.05) is 30.3 Å². The summed E-state index contributed by atoms with van der Waals surface area (Å²) in [6, 6.07) is 9.69. The van der Waals surface area contributed by atoms with Crippen LogP contribution in [0, 0.1) is 0 Å². The third-order valence-corrected chi connectivity index (χ3v) is 3.60. The molecule has 1 aromatic carbocycles. The number of amides is 1. The van der Waals surface area contributed by atoms with Crippen molar-refractivity contribution in [2.75, 3.05) is 33.2 Å². The highest BCUT2D eigenvalue weighted by Crippen LogP contribution is 2.02. The van der Waals surface area contributed by atoms with E-state index in [-0.39, 0.29) is 5.91 Å². The van der Waals surface area contributed by atoms with Crippen molar-refractivity contribution in [1.29, 1.82) is 0 Å². The number of carbonyl (C=O) groups is 1. The molecule has 1 saturated heterocycles. The van der Waals surface area contributed by atoms with Crippen LogP contribution in [0.2, 0.25) is 0 Å². The second-order valence-corrected chi connectivity index (χ2v) is 5.19. The Bertz CT molecular complexity index is 441. The first-order valence-corrected chi connectivity index (χ1v) is 6.87. The van der Waals surface area contributed by atoms with Crippen LogP contribution in [0.3, 0.4) is 0 Å². The van der Waals surface area contributed by atoms with Gasteiger partial charge in [0.05, 0.1) is 6.42 Å². The lowest BCUT2D eigenvalue weighted by molar-refractivity contribution is -0.119. The lowest BCUT2D eigenvalue weighted by atomic mass is 10.1. The zero-order valence-corrected chi connectivity index (χ0v) is 11.9. The summed E-state index contributed by atoms with van der Waals surface area (Å²) < 4.78 is 0. The summed E-state index contributed by atoms with van der Waals surface area (Å²) in [5.74, 6) is -0.0462. The molecule has 0 bridgehead atoms. The van der Waals surface area contributed by atoms with Gasteiger partial charge in [-0.2, -0.15) is 0 Å². The minimum Gasteiger partial charge on any atom is -0.346 e. The smallest absolute Gasteiger partial charge is 0.230 e. The summed E-state index contributed by atoms with van der Waals surface area (Å²) in [7, 11) is 2.09. The van der Waals surface area contributed by atoms with Crippen molar-refractivity contribution in [3.63, 3.8) is 0 Å². The van der Waals surface area contributed by atoms with Gasteiger partial charge in [-0.3, -0.25) is 4.79 Å². The maximum absolute atomic E-state index is 11.9. The minimum absolute atomic E-state index is 0.0462. The number of piperazine rings is 1. The van der Waals surface area contributed by atoms with E-state index in [0.717, 1.165) is 31.7 Å². The van der Waals surface area contributed by atoms with Crippen LogP contribution in [0.4, 0.5) is 0 Å². The van der Waals surface area contributed by atoms with Gasteiger partial charge >= 0.3 is 0 Å². The normalized spacial score (nSPS) is 16.2. The van der Waals surface area contributed by atoms with E-state index in [0.29, 0.717) is 11.5 Å².